The molecule has 1 saturated carbocycles. The van der Waals surface area contributed by atoms with Crippen LogP contribution in [-0.2, 0) is 4.79 Å². The van der Waals surface area contributed by atoms with Crippen molar-refractivity contribution in [3.8, 4) is 22.6 Å². The first-order valence-electron chi connectivity index (χ1n) is 9.66. The van der Waals surface area contributed by atoms with E-state index in [-0.39, 0.29) is 11.7 Å². The van der Waals surface area contributed by atoms with Gasteiger partial charge in [-0.3, -0.25) is 4.79 Å². The van der Waals surface area contributed by atoms with E-state index in [0.29, 0.717) is 23.1 Å². The lowest BCUT2D eigenvalue weighted by molar-refractivity contribution is -0.116. The number of hydrogen-bond donors (Lipinski definition) is 0. The zero-order chi connectivity index (χ0) is 19.5. The first-order chi connectivity index (χ1) is 13.6. The van der Waals surface area contributed by atoms with E-state index in [1.165, 1.54) is 12.8 Å². The van der Waals surface area contributed by atoms with E-state index in [1.54, 1.807) is 6.08 Å². The van der Waals surface area contributed by atoms with Crippen molar-refractivity contribution in [2.45, 2.75) is 19.8 Å². The summed E-state index contributed by atoms with van der Waals surface area (Å²) in [5.41, 5.74) is 3.28. The van der Waals surface area contributed by atoms with E-state index in [4.69, 9.17) is 9.40 Å². The number of oxazole rings is 1. The molecule has 0 saturated heterocycles. The third kappa shape index (κ3) is 3.89. The van der Waals surface area contributed by atoms with Gasteiger partial charge in [0, 0.05) is 22.6 Å². The minimum atomic E-state index is -0.374. The Balaban J connectivity index is 1.68. The molecule has 2 aromatic carbocycles. The van der Waals surface area contributed by atoms with Crippen molar-refractivity contribution in [2.24, 2.45) is 11.8 Å². The first kappa shape index (κ1) is 18.2. The van der Waals surface area contributed by atoms with Crippen molar-refractivity contribution in [3.63, 3.8) is 0 Å². The fourth-order valence-corrected chi connectivity index (χ4v) is 3.06. The van der Waals surface area contributed by atoms with Crippen LogP contribution < -0.4 is 0 Å². The minimum Gasteiger partial charge on any atom is -0.436 e. The van der Waals surface area contributed by atoms with E-state index >= 15 is 0 Å². The fourth-order valence-electron chi connectivity index (χ4n) is 3.06. The number of aromatic nitrogens is 1. The average molecular weight is 369 g/mol. The highest BCUT2D eigenvalue weighted by Gasteiger charge is 2.24. The van der Waals surface area contributed by atoms with Crippen molar-refractivity contribution in [1.29, 1.82) is 0 Å². The third-order valence-electron chi connectivity index (χ3n) is 5.09. The number of allylic oxidation sites excluding steroid dienone is 3. The van der Waals surface area contributed by atoms with Crippen molar-refractivity contribution in [1.82, 2.24) is 4.98 Å². The molecule has 0 amide bonds. The van der Waals surface area contributed by atoms with E-state index in [2.05, 4.69) is 6.58 Å². The summed E-state index contributed by atoms with van der Waals surface area (Å²) in [7, 11) is 0. The van der Waals surface area contributed by atoms with Gasteiger partial charge in [-0.25, -0.2) is 4.98 Å². The van der Waals surface area contributed by atoms with Gasteiger partial charge >= 0.3 is 0 Å². The molecule has 140 valence electrons. The second-order valence-corrected chi connectivity index (χ2v) is 7.27. The number of carbonyl (C=O) groups is 1. The summed E-state index contributed by atoms with van der Waals surface area (Å²) in [5.74, 6) is 1.34. The summed E-state index contributed by atoms with van der Waals surface area (Å²) in [6.45, 7) is 5.98. The van der Waals surface area contributed by atoms with Crippen molar-refractivity contribution < 1.29 is 9.21 Å². The third-order valence-corrected chi connectivity index (χ3v) is 5.09. The van der Waals surface area contributed by atoms with E-state index < -0.39 is 0 Å². The molecule has 28 heavy (non-hydrogen) atoms. The smallest absolute Gasteiger partial charge is 0.223 e. The zero-order valence-electron chi connectivity index (χ0n) is 16.0. The van der Waals surface area contributed by atoms with Crippen LogP contribution in [-0.4, -0.2) is 10.8 Å². The van der Waals surface area contributed by atoms with E-state index in [1.807, 2.05) is 73.7 Å². The van der Waals surface area contributed by atoms with Gasteiger partial charge in [0.15, 0.2) is 11.5 Å². The van der Waals surface area contributed by atoms with Gasteiger partial charge in [0.05, 0.1) is 0 Å². The van der Waals surface area contributed by atoms with Crippen LogP contribution in [0.15, 0.2) is 83.8 Å². The molecule has 1 unspecified atom stereocenters. The maximum Gasteiger partial charge on any atom is 0.223 e. The first-order valence-corrected chi connectivity index (χ1v) is 9.66. The summed E-state index contributed by atoms with van der Waals surface area (Å²) < 4.78 is 6.14. The van der Waals surface area contributed by atoms with Crippen LogP contribution in [0.4, 0.5) is 0 Å². The average Bonchev–Trinajstić information content (AvgIpc) is 3.48. The quantitative estimate of drug-likeness (QED) is 0.466. The number of benzene rings is 2. The Labute approximate surface area is 165 Å². The maximum absolute atomic E-state index is 12.5. The fraction of sp³-hybridized carbons (Fsp3) is 0.200. The van der Waals surface area contributed by atoms with Crippen LogP contribution in [0, 0.1) is 11.8 Å². The predicted octanol–water partition coefficient (Wildman–Crippen LogP) is 6.19. The molecule has 1 aliphatic carbocycles. The van der Waals surface area contributed by atoms with Crippen LogP contribution in [0.1, 0.15) is 25.7 Å². The molecule has 0 aliphatic heterocycles. The van der Waals surface area contributed by atoms with Gasteiger partial charge < -0.3 is 4.42 Å². The summed E-state index contributed by atoms with van der Waals surface area (Å²) in [4.78, 5) is 17.2. The lowest BCUT2D eigenvalue weighted by Gasteiger charge is -2.08. The number of ketones is 1. The zero-order valence-corrected chi connectivity index (χ0v) is 16.0. The van der Waals surface area contributed by atoms with E-state index in [9.17, 15) is 4.79 Å². The molecule has 1 atom stereocenters. The SMILES string of the molecule is C=C(c1nc(-c2ccccc2)c(-c2ccccc2)o1)C(C)C(=O)/C=C/C1CC1. The van der Waals surface area contributed by atoms with Crippen LogP contribution in [0.25, 0.3) is 28.2 Å². The molecular formula is C25H23NO2. The monoisotopic (exact) mass is 369 g/mol. The number of rotatable bonds is 7. The molecule has 3 aromatic rings. The lowest BCUT2D eigenvalue weighted by Crippen LogP contribution is -2.09. The topological polar surface area (TPSA) is 43.1 Å². The highest BCUT2D eigenvalue weighted by atomic mass is 16.4. The second kappa shape index (κ2) is 7.81. The minimum absolute atomic E-state index is 0.0395. The van der Waals surface area contributed by atoms with Gasteiger partial charge in [-0.1, -0.05) is 80.2 Å². The molecular weight excluding hydrogens is 346 g/mol. The molecule has 3 nitrogen and oxygen atoms in total. The lowest BCUT2D eigenvalue weighted by atomic mass is 9.97. The number of carbonyl (C=O) groups excluding carboxylic acids is 1. The summed E-state index contributed by atoms with van der Waals surface area (Å²) in [6, 6.07) is 19.8. The van der Waals surface area contributed by atoms with Gasteiger partial charge in [-0.2, -0.15) is 0 Å². The number of hydrogen-bond acceptors (Lipinski definition) is 3. The summed E-state index contributed by atoms with van der Waals surface area (Å²) >= 11 is 0. The van der Waals surface area contributed by atoms with Gasteiger partial charge in [0.2, 0.25) is 5.89 Å². The Hall–Kier alpha value is -3.20. The van der Waals surface area contributed by atoms with Gasteiger partial charge in [0.25, 0.3) is 0 Å². The Kier molecular flexibility index (Phi) is 5.07. The molecule has 1 heterocycles. The van der Waals surface area contributed by atoms with Crippen LogP contribution in [0.3, 0.4) is 0 Å². The molecule has 0 N–H and O–H groups in total. The van der Waals surface area contributed by atoms with Crippen molar-refractivity contribution >= 4 is 11.4 Å². The largest absolute Gasteiger partial charge is 0.436 e. The molecule has 1 aromatic heterocycles. The van der Waals surface area contributed by atoms with E-state index in [0.717, 1.165) is 16.8 Å². The molecule has 1 fully saturated rings. The molecule has 0 radical (unpaired) electrons. The maximum atomic E-state index is 12.5. The molecule has 0 bridgehead atoms. The highest BCUT2D eigenvalue weighted by molar-refractivity contribution is 5.99. The Morgan fingerprint density at radius 3 is 2.29 bits per heavy atom. The Morgan fingerprint density at radius 1 is 1.07 bits per heavy atom. The van der Waals surface area contributed by atoms with Crippen molar-refractivity contribution in [3.05, 3.63) is 85.3 Å². The van der Waals surface area contributed by atoms with Crippen LogP contribution in [0.5, 0.6) is 0 Å². The highest BCUT2D eigenvalue weighted by Crippen LogP contribution is 2.36. The molecule has 1 aliphatic rings. The number of nitrogens with zero attached hydrogens (tertiary/aromatic N) is 1. The molecule has 3 heteroatoms. The summed E-state index contributed by atoms with van der Waals surface area (Å²) in [5, 5.41) is 0. The van der Waals surface area contributed by atoms with Gasteiger partial charge in [-0.05, 0) is 24.8 Å². The predicted molar refractivity (Wildman–Crippen MR) is 112 cm³/mol. The van der Waals surface area contributed by atoms with Gasteiger partial charge in [0.1, 0.15) is 5.69 Å². The van der Waals surface area contributed by atoms with Crippen molar-refractivity contribution in [2.75, 3.05) is 0 Å². The van der Waals surface area contributed by atoms with Crippen LogP contribution >= 0.6 is 0 Å². The standard InChI is InChI=1S/C25H23NO2/c1-17(22(27)16-15-19-13-14-19)18(2)25-26-23(20-9-5-3-6-10-20)24(28-25)21-11-7-4-8-12-21/h3-12,15-17,19H,2,13-14H2,1H3/b16-15+. The normalized spacial score (nSPS) is 14.9. The second-order valence-electron chi connectivity index (χ2n) is 7.27. The van der Waals surface area contributed by atoms with Crippen LogP contribution in [0.2, 0.25) is 0 Å². The Bertz CT molecular complexity index is 954. The summed E-state index contributed by atoms with van der Waals surface area (Å²) in [6.07, 6.45) is 6.05. The Morgan fingerprint density at radius 2 is 1.68 bits per heavy atom. The molecule has 0 spiro atoms. The van der Waals surface area contributed by atoms with Gasteiger partial charge in [-0.15, -0.1) is 0 Å². The molecule has 4 rings (SSSR count).